The van der Waals surface area contributed by atoms with Gasteiger partial charge in [0.2, 0.25) is 5.91 Å². The fourth-order valence-corrected chi connectivity index (χ4v) is 2.93. The second kappa shape index (κ2) is 8.52. The minimum atomic E-state index is -0.0686. The molecule has 1 amide bonds. The highest BCUT2D eigenvalue weighted by Gasteiger charge is 2.15. The topological polar surface area (TPSA) is 64.6 Å². The molecule has 3 rings (SSSR count). The Labute approximate surface area is 153 Å². The first-order chi connectivity index (χ1) is 12.7. The monoisotopic (exact) mass is 353 g/mol. The Morgan fingerprint density at radius 3 is 2.58 bits per heavy atom. The van der Waals surface area contributed by atoms with Crippen LogP contribution in [-0.2, 0) is 11.2 Å². The smallest absolute Gasteiger partial charge is 0.224 e. The number of amides is 1. The number of anilines is 1. The zero-order chi connectivity index (χ0) is 18.4. The van der Waals surface area contributed by atoms with E-state index in [1.807, 2.05) is 24.3 Å². The van der Waals surface area contributed by atoms with Gasteiger partial charge in [0, 0.05) is 24.1 Å². The van der Waals surface area contributed by atoms with E-state index in [-0.39, 0.29) is 11.7 Å². The summed E-state index contributed by atoms with van der Waals surface area (Å²) in [5.74, 6) is 1.21. The molecule has 1 N–H and O–H groups in total. The summed E-state index contributed by atoms with van der Waals surface area (Å²) in [7, 11) is 0. The first-order valence-electron chi connectivity index (χ1n) is 8.98. The summed E-state index contributed by atoms with van der Waals surface area (Å²) in [6.45, 7) is 3.07. The van der Waals surface area contributed by atoms with Crippen molar-refractivity contribution in [3.8, 4) is 11.5 Å². The Kier molecular flexibility index (Phi) is 5.89. The Balaban J connectivity index is 1.50. The van der Waals surface area contributed by atoms with E-state index in [0.29, 0.717) is 49.5 Å². The Bertz CT molecular complexity index is 800. The number of aryl methyl sites for hydroxylation is 1. The molecule has 136 valence electrons. The molecule has 0 fully saturated rings. The fourth-order valence-electron chi connectivity index (χ4n) is 2.93. The lowest BCUT2D eigenvalue weighted by molar-refractivity contribution is -0.116. The molecule has 0 spiro atoms. The summed E-state index contributed by atoms with van der Waals surface area (Å²) in [5.41, 5.74) is 2.54. The molecule has 0 radical (unpaired) electrons. The number of benzene rings is 2. The normalized spacial score (nSPS) is 12.5. The van der Waals surface area contributed by atoms with Gasteiger partial charge in [-0.05, 0) is 42.7 Å². The van der Waals surface area contributed by atoms with Crippen molar-refractivity contribution in [2.24, 2.45) is 0 Å². The van der Waals surface area contributed by atoms with Crippen molar-refractivity contribution < 1.29 is 19.1 Å². The average molecular weight is 353 g/mol. The maximum atomic E-state index is 12.3. The zero-order valence-electron chi connectivity index (χ0n) is 14.9. The van der Waals surface area contributed by atoms with E-state index in [4.69, 9.17) is 9.47 Å². The van der Waals surface area contributed by atoms with Crippen LogP contribution in [0.15, 0.2) is 42.5 Å². The van der Waals surface area contributed by atoms with Gasteiger partial charge in [-0.1, -0.05) is 25.1 Å². The summed E-state index contributed by atoms with van der Waals surface area (Å²) in [6, 6.07) is 13.0. The van der Waals surface area contributed by atoms with E-state index in [1.54, 1.807) is 18.2 Å². The molecule has 0 bridgehead atoms. The van der Waals surface area contributed by atoms with E-state index in [0.717, 1.165) is 17.7 Å². The van der Waals surface area contributed by atoms with Crippen LogP contribution in [-0.4, -0.2) is 24.9 Å². The number of ketones is 1. The van der Waals surface area contributed by atoms with Gasteiger partial charge in [-0.3, -0.25) is 9.59 Å². The quantitative estimate of drug-likeness (QED) is 0.764. The van der Waals surface area contributed by atoms with Crippen LogP contribution in [0, 0.1) is 0 Å². The molecule has 0 aromatic heterocycles. The highest BCUT2D eigenvalue weighted by molar-refractivity contribution is 5.97. The lowest BCUT2D eigenvalue weighted by Crippen LogP contribution is -2.16. The third kappa shape index (κ3) is 4.42. The minimum absolute atomic E-state index is 0.00346. The van der Waals surface area contributed by atoms with Crippen molar-refractivity contribution >= 4 is 17.4 Å². The number of hydrogen-bond acceptors (Lipinski definition) is 4. The van der Waals surface area contributed by atoms with Crippen molar-refractivity contribution in [1.82, 2.24) is 0 Å². The molecule has 1 heterocycles. The summed E-state index contributed by atoms with van der Waals surface area (Å²) in [5, 5.41) is 2.93. The molecule has 0 atom stereocenters. The molecule has 0 saturated heterocycles. The predicted octanol–water partition coefficient (Wildman–Crippen LogP) is 4.01. The Hall–Kier alpha value is -2.82. The lowest BCUT2D eigenvalue weighted by Gasteiger charge is -2.18. The van der Waals surface area contributed by atoms with Gasteiger partial charge in [-0.25, -0.2) is 0 Å². The lowest BCUT2D eigenvalue weighted by atomic mass is 10.0. The number of rotatable bonds is 7. The van der Waals surface area contributed by atoms with Gasteiger partial charge >= 0.3 is 0 Å². The Morgan fingerprint density at radius 1 is 1.00 bits per heavy atom. The molecule has 2 aromatic rings. The molecule has 1 aliphatic rings. The number of ether oxygens (including phenoxy) is 2. The third-order valence-corrected chi connectivity index (χ3v) is 4.34. The van der Waals surface area contributed by atoms with Gasteiger partial charge < -0.3 is 14.8 Å². The van der Waals surface area contributed by atoms with Crippen LogP contribution in [0.1, 0.15) is 42.1 Å². The van der Waals surface area contributed by atoms with Crippen molar-refractivity contribution in [2.75, 3.05) is 18.5 Å². The molecule has 1 aliphatic heterocycles. The van der Waals surface area contributed by atoms with Gasteiger partial charge in [0.05, 0.1) is 0 Å². The minimum Gasteiger partial charge on any atom is -0.486 e. The van der Waals surface area contributed by atoms with Gasteiger partial charge in [0.25, 0.3) is 0 Å². The van der Waals surface area contributed by atoms with Gasteiger partial charge in [0.1, 0.15) is 13.2 Å². The van der Waals surface area contributed by atoms with Crippen LogP contribution in [0.25, 0.3) is 0 Å². The third-order valence-electron chi connectivity index (χ3n) is 4.34. The number of carbonyl (C=O) groups is 2. The summed E-state index contributed by atoms with van der Waals surface area (Å²) < 4.78 is 11.0. The van der Waals surface area contributed by atoms with E-state index in [1.165, 1.54) is 0 Å². The molecule has 5 nitrogen and oxygen atoms in total. The number of carbonyl (C=O) groups excluding carboxylic acids is 2. The molecule has 0 aliphatic carbocycles. The maximum Gasteiger partial charge on any atom is 0.224 e. The molecule has 26 heavy (non-hydrogen) atoms. The van der Waals surface area contributed by atoms with E-state index < -0.39 is 0 Å². The zero-order valence-corrected chi connectivity index (χ0v) is 14.9. The highest BCUT2D eigenvalue weighted by Crippen LogP contribution is 2.31. The molecular formula is C21H23NO4. The molecule has 2 aromatic carbocycles. The highest BCUT2D eigenvalue weighted by atomic mass is 16.6. The SMILES string of the molecule is CCc1ccccc1NC(=O)CCCC(=O)c1ccc2c(c1)OCCO2. The van der Waals surface area contributed by atoms with Crippen LogP contribution in [0.4, 0.5) is 5.69 Å². The number of nitrogens with one attached hydrogen (secondary N) is 1. The second-order valence-corrected chi connectivity index (χ2v) is 6.19. The first kappa shape index (κ1) is 18.0. The first-order valence-corrected chi connectivity index (χ1v) is 8.98. The van der Waals surface area contributed by atoms with Crippen molar-refractivity contribution in [3.05, 3.63) is 53.6 Å². The average Bonchev–Trinajstić information content (AvgIpc) is 2.68. The summed E-state index contributed by atoms with van der Waals surface area (Å²) in [6.07, 6.45) is 2.00. The standard InChI is InChI=1S/C21H23NO4/c1-2-15-6-3-4-7-17(15)22-21(24)9-5-8-18(23)16-10-11-19-20(14-16)26-13-12-25-19/h3-4,6-7,10-11,14H,2,5,8-9,12-13H2,1H3,(H,22,24). The van der Waals surface area contributed by atoms with E-state index in [2.05, 4.69) is 12.2 Å². The van der Waals surface area contributed by atoms with Gasteiger partial charge in [0.15, 0.2) is 17.3 Å². The predicted molar refractivity (Wildman–Crippen MR) is 100 cm³/mol. The van der Waals surface area contributed by atoms with Crippen LogP contribution >= 0.6 is 0 Å². The molecular weight excluding hydrogens is 330 g/mol. The Morgan fingerprint density at radius 2 is 1.77 bits per heavy atom. The van der Waals surface area contributed by atoms with Crippen molar-refractivity contribution in [2.45, 2.75) is 32.6 Å². The van der Waals surface area contributed by atoms with Crippen LogP contribution in [0.2, 0.25) is 0 Å². The number of hydrogen-bond donors (Lipinski definition) is 1. The number of Topliss-reactive ketones (excluding diaryl/α,β-unsaturated/α-hetero) is 1. The van der Waals surface area contributed by atoms with Crippen LogP contribution in [0.3, 0.4) is 0 Å². The largest absolute Gasteiger partial charge is 0.486 e. The maximum absolute atomic E-state index is 12.3. The van der Waals surface area contributed by atoms with Crippen LogP contribution < -0.4 is 14.8 Å². The summed E-state index contributed by atoms with van der Waals surface area (Å²) in [4.78, 5) is 24.5. The molecule has 0 unspecified atom stereocenters. The molecule has 5 heteroatoms. The molecule has 0 saturated carbocycles. The van der Waals surface area contributed by atoms with Gasteiger partial charge in [-0.2, -0.15) is 0 Å². The van der Waals surface area contributed by atoms with E-state index in [9.17, 15) is 9.59 Å². The number of fused-ring (bicyclic) bond motifs is 1. The van der Waals surface area contributed by atoms with Gasteiger partial charge in [-0.15, -0.1) is 0 Å². The second-order valence-electron chi connectivity index (χ2n) is 6.19. The van der Waals surface area contributed by atoms with E-state index >= 15 is 0 Å². The van der Waals surface area contributed by atoms with Crippen LogP contribution in [0.5, 0.6) is 11.5 Å². The number of para-hydroxylation sites is 1. The van der Waals surface area contributed by atoms with Crippen molar-refractivity contribution in [1.29, 1.82) is 0 Å². The summed E-state index contributed by atoms with van der Waals surface area (Å²) >= 11 is 0. The van der Waals surface area contributed by atoms with Crippen molar-refractivity contribution in [3.63, 3.8) is 0 Å². The fraction of sp³-hybridized carbons (Fsp3) is 0.333.